The van der Waals surface area contributed by atoms with E-state index in [0.717, 1.165) is 15.5 Å². The van der Waals surface area contributed by atoms with Crippen LogP contribution in [0.1, 0.15) is 12.8 Å². The Bertz CT molecular complexity index is 652. The second kappa shape index (κ2) is 4.80. The van der Waals surface area contributed by atoms with E-state index in [2.05, 4.69) is 25.9 Å². The SMILES string of the molecule is Nc1ncc2cc(Br)cc(N3CCC(F)(F)CC3)c2n1. The maximum absolute atomic E-state index is 13.3. The first kappa shape index (κ1) is 13.5. The van der Waals surface area contributed by atoms with Crippen molar-refractivity contribution in [3.8, 4) is 0 Å². The standard InChI is InChI=1S/C13H13BrF2N4/c14-9-5-8-7-18-12(17)19-11(8)10(6-9)20-3-1-13(15,16)2-4-20/h5-7H,1-4H2,(H2,17,18,19). The smallest absolute Gasteiger partial charge is 0.251 e. The quantitative estimate of drug-likeness (QED) is 0.864. The molecule has 0 atom stereocenters. The lowest BCUT2D eigenvalue weighted by molar-refractivity contribution is -0.0220. The molecule has 1 saturated heterocycles. The van der Waals surface area contributed by atoms with Crippen LogP contribution < -0.4 is 10.6 Å². The molecule has 0 unspecified atom stereocenters. The van der Waals surface area contributed by atoms with E-state index >= 15 is 0 Å². The Morgan fingerprint density at radius 3 is 2.65 bits per heavy atom. The van der Waals surface area contributed by atoms with Gasteiger partial charge >= 0.3 is 0 Å². The molecule has 1 aromatic heterocycles. The lowest BCUT2D eigenvalue weighted by Crippen LogP contribution is -2.39. The van der Waals surface area contributed by atoms with E-state index < -0.39 is 5.92 Å². The van der Waals surface area contributed by atoms with Crippen LogP contribution in [0.5, 0.6) is 0 Å². The number of halogens is 3. The molecule has 1 aromatic carbocycles. The van der Waals surface area contributed by atoms with E-state index in [9.17, 15) is 8.78 Å². The fraction of sp³-hybridized carbons (Fsp3) is 0.385. The van der Waals surface area contributed by atoms with Crippen LogP contribution in [0.25, 0.3) is 10.9 Å². The lowest BCUT2D eigenvalue weighted by atomic mass is 10.1. The van der Waals surface area contributed by atoms with Gasteiger partial charge in [-0.3, -0.25) is 0 Å². The van der Waals surface area contributed by atoms with Crippen LogP contribution in [0, 0.1) is 0 Å². The van der Waals surface area contributed by atoms with Crippen molar-refractivity contribution in [1.29, 1.82) is 0 Å². The number of alkyl halides is 2. The molecule has 2 N–H and O–H groups in total. The molecule has 2 heterocycles. The topological polar surface area (TPSA) is 55.0 Å². The van der Waals surface area contributed by atoms with Crippen LogP contribution in [-0.4, -0.2) is 29.0 Å². The Morgan fingerprint density at radius 2 is 1.95 bits per heavy atom. The Morgan fingerprint density at radius 1 is 1.25 bits per heavy atom. The molecule has 20 heavy (non-hydrogen) atoms. The highest BCUT2D eigenvalue weighted by Crippen LogP contribution is 2.35. The zero-order valence-electron chi connectivity index (χ0n) is 10.6. The summed E-state index contributed by atoms with van der Waals surface area (Å²) in [6.07, 6.45) is 1.37. The maximum atomic E-state index is 13.3. The molecule has 0 radical (unpaired) electrons. The minimum absolute atomic E-state index is 0.137. The molecule has 4 nitrogen and oxygen atoms in total. The summed E-state index contributed by atoms with van der Waals surface area (Å²) in [6.45, 7) is 0.616. The molecule has 1 fully saturated rings. The summed E-state index contributed by atoms with van der Waals surface area (Å²) in [4.78, 5) is 10.1. The van der Waals surface area contributed by atoms with Crippen molar-refractivity contribution in [1.82, 2.24) is 9.97 Å². The molecule has 1 aliphatic rings. The fourth-order valence-corrected chi connectivity index (χ4v) is 2.88. The first-order valence-electron chi connectivity index (χ1n) is 6.29. The second-order valence-corrected chi connectivity index (χ2v) is 5.85. The number of nitrogens with two attached hydrogens (primary N) is 1. The van der Waals surface area contributed by atoms with Crippen molar-refractivity contribution in [2.75, 3.05) is 23.7 Å². The average Bonchev–Trinajstić information content (AvgIpc) is 2.39. The van der Waals surface area contributed by atoms with Crippen molar-refractivity contribution in [2.24, 2.45) is 0 Å². The number of benzene rings is 1. The van der Waals surface area contributed by atoms with E-state index in [0.29, 0.717) is 18.6 Å². The van der Waals surface area contributed by atoms with Crippen molar-refractivity contribution in [3.63, 3.8) is 0 Å². The van der Waals surface area contributed by atoms with Gasteiger partial charge < -0.3 is 10.6 Å². The van der Waals surface area contributed by atoms with Crippen molar-refractivity contribution < 1.29 is 8.78 Å². The summed E-state index contributed by atoms with van der Waals surface area (Å²) in [5.41, 5.74) is 7.15. The molecule has 0 aliphatic carbocycles. The van der Waals surface area contributed by atoms with Crippen LogP contribution in [0.4, 0.5) is 20.4 Å². The van der Waals surface area contributed by atoms with Crippen molar-refractivity contribution >= 4 is 38.5 Å². The van der Waals surface area contributed by atoms with E-state index in [-0.39, 0.29) is 18.8 Å². The molecular formula is C13H13BrF2N4. The molecule has 0 saturated carbocycles. The molecule has 3 rings (SSSR count). The number of nitrogen functional groups attached to an aromatic ring is 1. The lowest BCUT2D eigenvalue weighted by Gasteiger charge is -2.33. The summed E-state index contributed by atoms with van der Waals surface area (Å²) in [6, 6.07) is 3.77. The molecule has 0 spiro atoms. The third-order valence-electron chi connectivity index (χ3n) is 3.48. The van der Waals surface area contributed by atoms with Gasteiger partial charge in [-0.05, 0) is 12.1 Å². The molecule has 0 bridgehead atoms. The fourth-order valence-electron chi connectivity index (χ4n) is 2.42. The molecule has 2 aromatic rings. The van der Waals surface area contributed by atoms with Gasteiger partial charge in [0, 0.05) is 42.0 Å². The first-order valence-corrected chi connectivity index (χ1v) is 7.08. The van der Waals surface area contributed by atoms with Gasteiger partial charge in [-0.15, -0.1) is 0 Å². The zero-order valence-corrected chi connectivity index (χ0v) is 12.2. The van der Waals surface area contributed by atoms with E-state index in [4.69, 9.17) is 5.73 Å². The first-order chi connectivity index (χ1) is 9.44. The molecule has 7 heteroatoms. The monoisotopic (exact) mass is 342 g/mol. The summed E-state index contributed by atoms with van der Waals surface area (Å²) in [5, 5.41) is 0.834. The summed E-state index contributed by atoms with van der Waals surface area (Å²) < 4.78 is 27.4. The predicted octanol–water partition coefficient (Wildman–Crippen LogP) is 3.21. The number of hydrogen-bond donors (Lipinski definition) is 1. The van der Waals surface area contributed by atoms with Gasteiger partial charge in [0.1, 0.15) is 0 Å². The van der Waals surface area contributed by atoms with E-state index in [1.807, 2.05) is 17.0 Å². The van der Waals surface area contributed by atoms with Gasteiger partial charge in [-0.25, -0.2) is 18.7 Å². The van der Waals surface area contributed by atoms with Gasteiger partial charge in [0.05, 0.1) is 11.2 Å². The van der Waals surface area contributed by atoms with Crippen molar-refractivity contribution in [2.45, 2.75) is 18.8 Å². The third-order valence-corrected chi connectivity index (χ3v) is 3.94. The second-order valence-electron chi connectivity index (χ2n) is 4.93. The number of anilines is 2. The Hall–Kier alpha value is -1.50. The van der Waals surface area contributed by atoms with Crippen LogP contribution >= 0.6 is 15.9 Å². The third kappa shape index (κ3) is 2.54. The number of aromatic nitrogens is 2. The van der Waals surface area contributed by atoms with Gasteiger partial charge in [0.25, 0.3) is 5.92 Å². The van der Waals surface area contributed by atoms with E-state index in [1.165, 1.54) is 0 Å². The highest BCUT2D eigenvalue weighted by Gasteiger charge is 2.34. The Balaban J connectivity index is 2.04. The van der Waals surface area contributed by atoms with Gasteiger partial charge in [0.2, 0.25) is 5.95 Å². The van der Waals surface area contributed by atoms with Crippen LogP contribution in [0.3, 0.4) is 0 Å². The normalized spacial score (nSPS) is 18.4. The largest absolute Gasteiger partial charge is 0.369 e. The minimum atomic E-state index is -2.56. The summed E-state index contributed by atoms with van der Waals surface area (Å²) in [7, 11) is 0. The molecule has 106 valence electrons. The van der Waals surface area contributed by atoms with Gasteiger partial charge in [-0.2, -0.15) is 0 Å². The van der Waals surface area contributed by atoms with Gasteiger partial charge in [-0.1, -0.05) is 15.9 Å². The number of piperidine rings is 1. The van der Waals surface area contributed by atoms with E-state index in [1.54, 1.807) is 6.20 Å². The van der Waals surface area contributed by atoms with Crippen molar-refractivity contribution in [3.05, 3.63) is 22.8 Å². The number of fused-ring (bicyclic) bond motifs is 1. The molecule has 0 amide bonds. The zero-order chi connectivity index (χ0) is 14.3. The Labute approximate surface area is 123 Å². The van der Waals surface area contributed by atoms with Gasteiger partial charge in [0.15, 0.2) is 0 Å². The maximum Gasteiger partial charge on any atom is 0.251 e. The highest BCUT2D eigenvalue weighted by molar-refractivity contribution is 9.10. The number of rotatable bonds is 1. The number of nitrogens with zero attached hydrogens (tertiary/aromatic N) is 3. The summed E-state index contributed by atoms with van der Waals surface area (Å²) in [5.74, 6) is -2.38. The van der Waals surface area contributed by atoms with Crippen LogP contribution in [-0.2, 0) is 0 Å². The molecule has 1 aliphatic heterocycles. The number of hydrogen-bond acceptors (Lipinski definition) is 4. The minimum Gasteiger partial charge on any atom is -0.369 e. The predicted molar refractivity (Wildman–Crippen MR) is 78.0 cm³/mol. The molecular weight excluding hydrogens is 330 g/mol. The average molecular weight is 343 g/mol. The van der Waals surface area contributed by atoms with Crippen LogP contribution in [0.2, 0.25) is 0 Å². The van der Waals surface area contributed by atoms with Crippen LogP contribution in [0.15, 0.2) is 22.8 Å². The Kier molecular flexibility index (Phi) is 3.24. The summed E-state index contributed by atoms with van der Waals surface area (Å²) >= 11 is 3.43. The highest BCUT2D eigenvalue weighted by atomic mass is 79.9.